The topological polar surface area (TPSA) is 64.0 Å². The third-order valence-electron chi connectivity index (χ3n) is 3.91. The summed E-state index contributed by atoms with van der Waals surface area (Å²) in [6, 6.07) is 8.72. The predicted molar refractivity (Wildman–Crippen MR) is 96.4 cm³/mol. The molecular weight excluding hydrogens is 322 g/mol. The number of fused-ring (bicyclic) bond motifs is 1. The number of amides is 1. The molecule has 1 aromatic carbocycles. The fraction of sp³-hybridized carbons (Fsp3) is 0.278. The number of hydrogen-bond donors (Lipinski definition) is 1. The van der Waals surface area contributed by atoms with Crippen LogP contribution in [0.5, 0.6) is 0 Å². The zero-order valence-electron chi connectivity index (χ0n) is 13.9. The molecule has 2 heterocycles. The quantitative estimate of drug-likeness (QED) is 0.793. The van der Waals surface area contributed by atoms with E-state index in [2.05, 4.69) is 10.3 Å². The Morgan fingerprint density at radius 1 is 1.29 bits per heavy atom. The number of para-hydroxylation sites is 1. The van der Waals surface area contributed by atoms with Gasteiger partial charge in [0.1, 0.15) is 6.54 Å². The van der Waals surface area contributed by atoms with Crippen LogP contribution in [-0.4, -0.2) is 15.5 Å². The highest BCUT2D eigenvalue weighted by Gasteiger charge is 2.16. The molecule has 0 bridgehead atoms. The van der Waals surface area contributed by atoms with Gasteiger partial charge in [0.2, 0.25) is 5.91 Å². The van der Waals surface area contributed by atoms with E-state index in [1.165, 1.54) is 6.07 Å². The maximum Gasteiger partial charge on any atom is 0.240 e. The van der Waals surface area contributed by atoms with Gasteiger partial charge in [-0.25, -0.2) is 4.98 Å². The molecule has 0 spiro atoms. The molecule has 6 heteroatoms. The van der Waals surface area contributed by atoms with Crippen molar-refractivity contribution in [1.82, 2.24) is 14.9 Å². The van der Waals surface area contributed by atoms with Gasteiger partial charge in [0.05, 0.1) is 22.3 Å². The van der Waals surface area contributed by atoms with Crippen LogP contribution in [0.15, 0.2) is 41.3 Å². The highest BCUT2D eigenvalue weighted by molar-refractivity contribution is 7.11. The second-order valence-electron chi connectivity index (χ2n) is 5.80. The predicted octanol–water partition coefficient (Wildman–Crippen LogP) is 2.95. The Morgan fingerprint density at radius 3 is 2.75 bits per heavy atom. The molecule has 0 unspecified atom stereocenters. The van der Waals surface area contributed by atoms with Gasteiger partial charge in [-0.15, -0.1) is 11.3 Å². The maximum atomic E-state index is 12.4. The summed E-state index contributed by atoms with van der Waals surface area (Å²) in [6.07, 6.45) is 1.66. The zero-order chi connectivity index (χ0) is 17.3. The van der Waals surface area contributed by atoms with E-state index in [-0.39, 0.29) is 23.9 Å². The van der Waals surface area contributed by atoms with Gasteiger partial charge in [-0.05, 0) is 32.9 Å². The molecule has 0 aliphatic carbocycles. The van der Waals surface area contributed by atoms with E-state index in [1.54, 1.807) is 28.2 Å². The number of thiazole rings is 1. The molecule has 2 aromatic heterocycles. The molecule has 0 radical (unpaired) electrons. The van der Waals surface area contributed by atoms with E-state index >= 15 is 0 Å². The third-order valence-corrected chi connectivity index (χ3v) is 5.16. The van der Waals surface area contributed by atoms with Gasteiger partial charge in [-0.1, -0.05) is 12.1 Å². The van der Waals surface area contributed by atoms with Crippen LogP contribution < -0.4 is 10.7 Å². The van der Waals surface area contributed by atoms with Crippen LogP contribution in [0, 0.1) is 13.8 Å². The van der Waals surface area contributed by atoms with Crippen LogP contribution in [0.1, 0.15) is 28.5 Å². The highest BCUT2D eigenvalue weighted by Crippen LogP contribution is 2.24. The lowest BCUT2D eigenvalue weighted by molar-refractivity contribution is -0.122. The second-order valence-corrected chi connectivity index (χ2v) is 7.03. The van der Waals surface area contributed by atoms with E-state index in [0.717, 1.165) is 21.1 Å². The lowest BCUT2D eigenvalue weighted by Crippen LogP contribution is -2.30. The van der Waals surface area contributed by atoms with Crippen molar-refractivity contribution in [2.24, 2.45) is 0 Å². The molecule has 0 fully saturated rings. The summed E-state index contributed by atoms with van der Waals surface area (Å²) in [4.78, 5) is 29.8. The van der Waals surface area contributed by atoms with Crippen molar-refractivity contribution in [3.05, 3.63) is 62.3 Å². The number of nitrogens with one attached hydrogen (secondary N) is 1. The molecule has 1 amide bonds. The average Bonchev–Trinajstić information content (AvgIpc) is 2.89. The first kappa shape index (κ1) is 16.4. The summed E-state index contributed by atoms with van der Waals surface area (Å²) < 4.78 is 1.80. The minimum Gasteiger partial charge on any atom is -0.347 e. The van der Waals surface area contributed by atoms with Crippen LogP contribution in [-0.2, 0) is 11.3 Å². The number of carbonyl (C=O) groups is 1. The molecular formula is C18H19N3O2S. The van der Waals surface area contributed by atoms with Crippen molar-refractivity contribution >= 4 is 28.1 Å². The summed E-state index contributed by atoms with van der Waals surface area (Å²) in [6.45, 7) is 6.04. The fourth-order valence-corrected chi connectivity index (χ4v) is 3.78. The highest BCUT2D eigenvalue weighted by atomic mass is 32.1. The molecule has 5 nitrogen and oxygen atoms in total. The van der Waals surface area contributed by atoms with Crippen molar-refractivity contribution in [2.75, 3.05) is 0 Å². The van der Waals surface area contributed by atoms with Crippen molar-refractivity contribution < 1.29 is 4.79 Å². The van der Waals surface area contributed by atoms with Gasteiger partial charge in [0.15, 0.2) is 5.43 Å². The Hall–Kier alpha value is -2.47. The zero-order valence-corrected chi connectivity index (χ0v) is 14.7. The van der Waals surface area contributed by atoms with Gasteiger partial charge in [0, 0.05) is 22.5 Å². The maximum absolute atomic E-state index is 12.4. The molecule has 124 valence electrons. The summed E-state index contributed by atoms with van der Waals surface area (Å²) in [5.74, 6) is -0.0956. The SMILES string of the molecule is Cc1nc(C)c([C@H](C)NC(=O)Cn2ccc(=O)c3ccccc32)s1. The molecule has 0 aliphatic rings. The van der Waals surface area contributed by atoms with Crippen molar-refractivity contribution in [1.29, 1.82) is 0 Å². The first-order valence-corrected chi connectivity index (χ1v) is 8.59. The van der Waals surface area contributed by atoms with Crippen LogP contribution in [0.2, 0.25) is 0 Å². The number of aryl methyl sites for hydroxylation is 2. The summed E-state index contributed by atoms with van der Waals surface area (Å²) in [5, 5.41) is 4.63. The molecule has 3 rings (SSSR count). The lowest BCUT2D eigenvalue weighted by atomic mass is 10.2. The molecule has 1 atom stereocenters. The monoisotopic (exact) mass is 341 g/mol. The Bertz CT molecular complexity index is 958. The summed E-state index contributed by atoms with van der Waals surface area (Å²) in [7, 11) is 0. The van der Waals surface area contributed by atoms with Crippen LogP contribution in [0.25, 0.3) is 10.9 Å². The van der Waals surface area contributed by atoms with Gasteiger partial charge in [-0.2, -0.15) is 0 Å². The standard InChI is InChI=1S/C18H19N3O2S/c1-11-18(24-13(3)19-11)12(2)20-17(23)10-21-9-8-16(22)14-6-4-5-7-15(14)21/h4-9,12H,10H2,1-3H3,(H,20,23)/t12-/m0/s1. The molecule has 0 saturated carbocycles. The van der Waals surface area contributed by atoms with Gasteiger partial charge < -0.3 is 9.88 Å². The molecule has 1 N–H and O–H groups in total. The van der Waals surface area contributed by atoms with Crippen molar-refractivity contribution in [3.63, 3.8) is 0 Å². The molecule has 0 aliphatic heterocycles. The Balaban J connectivity index is 1.79. The van der Waals surface area contributed by atoms with Gasteiger partial charge >= 0.3 is 0 Å². The van der Waals surface area contributed by atoms with Crippen LogP contribution in [0.3, 0.4) is 0 Å². The number of nitrogens with zero attached hydrogens (tertiary/aromatic N) is 2. The normalized spacial score (nSPS) is 12.3. The second kappa shape index (κ2) is 6.57. The summed E-state index contributed by atoms with van der Waals surface area (Å²) >= 11 is 1.60. The average molecular weight is 341 g/mol. The van der Waals surface area contributed by atoms with E-state index < -0.39 is 0 Å². The molecule has 0 saturated heterocycles. The smallest absolute Gasteiger partial charge is 0.240 e. The fourth-order valence-electron chi connectivity index (χ4n) is 2.85. The molecule has 3 aromatic rings. The Morgan fingerprint density at radius 2 is 2.04 bits per heavy atom. The van der Waals surface area contributed by atoms with E-state index in [9.17, 15) is 9.59 Å². The van der Waals surface area contributed by atoms with E-state index in [1.807, 2.05) is 39.0 Å². The first-order valence-electron chi connectivity index (χ1n) is 7.77. The van der Waals surface area contributed by atoms with Crippen molar-refractivity contribution in [3.8, 4) is 0 Å². The minimum atomic E-state index is -0.0956. The number of rotatable bonds is 4. The number of carbonyl (C=O) groups excluding carboxylic acids is 1. The van der Waals surface area contributed by atoms with Gasteiger partial charge in [0.25, 0.3) is 0 Å². The first-order chi connectivity index (χ1) is 11.5. The number of aromatic nitrogens is 2. The number of benzene rings is 1. The minimum absolute atomic E-state index is 0.0358. The number of pyridine rings is 1. The van der Waals surface area contributed by atoms with E-state index in [0.29, 0.717) is 5.39 Å². The number of hydrogen-bond acceptors (Lipinski definition) is 4. The van der Waals surface area contributed by atoms with Crippen LogP contribution >= 0.6 is 11.3 Å². The summed E-state index contributed by atoms with van der Waals surface area (Å²) in [5.41, 5.74) is 1.68. The largest absolute Gasteiger partial charge is 0.347 e. The Labute approximate surface area is 144 Å². The molecule has 24 heavy (non-hydrogen) atoms. The van der Waals surface area contributed by atoms with Crippen molar-refractivity contribution in [2.45, 2.75) is 33.4 Å². The van der Waals surface area contributed by atoms with Gasteiger partial charge in [-0.3, -0.25) is 9.59 Å². The lowest BCUT2D eigenvalue weighted by Gasteiger charge is -2.15. The van der Waals surface area contributed by atoms with Crippen LogP contribution in [0.4, 0.5) is 0 Å². The van der Waals surface area contributed by atoms with E-state index in [4.69, 9.17) is 0 Å². The third kappa shape index (κ3) is 3.23. The Kier molecular flexibility index (Phi) is 4.49.